The summed E-state index contributed by atoms with van der Waals surface area (Å²) >= 11 is 0. The third kappa shape index (κ3) is 5.15. The number of likely N-dealkylation sites (tertiary alicyclic amines) is 1. The van der Waals surface area contributed by atoms with E-state index in [0.717, 1.165) is 38.8 Å². The minimum Gasteiger partial charge on any atom is -0.478 e. The molecule has 0 aromatic carbocycles. The fraction of sp³-hybridized carbons (Fsp3) is 0.636. The number of nitrogens with zero attached hydrogens (tertiary/aromatic N) is 3. The number of aromatic carboxylic acids is 1. The van der Waals surface area contributed by atoms with Crippen molar-refractivity contribution in [3.05, 3.63) is 17.8 Å². The molecule has 1 aromatic rings. The molecular weight excluding hydrogens is 398 g/mol. The molecule has 2 amide bonds. The molecule has 0 unspecified atom stereocenters. The van der Waals surface area contributed by atoms with Crippen molar-refractivity contribution >= 4 is 29.3 Å². The number of pyridine rings is 1. The van der Waals surface area contributed by atoms with Crippen LogP contribution in [-0.2, 0) is 9.59 Å². The van der Waals surface area contributed by atoms with Crippen LogP contribution in [0.15, 0.2) is 12.3 Å². The number of primary amides is 1. The Morgan fingerprint density at radius 1 is 1.16 bits per heavy atom. The summed E-state index contributed by atoms with van der Waals surface area (Å²) in [5.41, 5.74) is 5.59. The summed E-state index contributed by atoms with van der Waals surface area (Å²) in [6.07, 6.45) is 7.94. The number of unbranched alkanes of at least 4 members (excludes halogenated alkanes) is 1. The van der Waals surface area contributed by atoms with Gasteiger partial charge in [-0.25, -0.2) is 9.78 Å². The molecule has 31 heavy (non-hydrogen) atoms. The van der Waals surface area contributed by atoms with Gasteiger partial charge < -0.3 is 21.1 Å². The average Bonchev–Trinajstić information content (AvgIpc) is 2.78. The normalized spacial score (nSPS) is 19.1. The number of aromatic nitrogens is 1. The van der Waals surface area contributed by atoms with E-state index in [1.807, 2.05) is 11.8 Å². The number of nitrogens with two attached hydrogens (primary N) is 1. The third-order valence-corrected chi connectivity index (χ3v) is 6.45. The molecule has 0 radical (unpaired) electrons. The molecule has 4 N–H and O–H groups in total. The lowest BCUT2D eigenvalue weighted by molar-refractivity contribution is -0.132. The molecule has 2 aliphatic heterocycles. The van der Waals surface area contributed by atoms with Crippen molar-refractivity contribution < 1.29 is 19.5 Å². The Kier molecular flexibility index (Phi) is 7.48. The smallest absolute Gasteiger partial charge is 0.339 e. The second-order valence-electron chi connectivity index (χ2n) is 8.48. The van der Waals surface area contributed by atoms with Crippen LogP contribution in [0.4, 0.5) is 11.5 Å². The molecule has 0 aliphatic carbocycles. The maximum Gasteiger partial charge on any atom is 0.339 e. The van der Waals surface area contributed by atoms with Crippen LogP contribution in [0.3, 0.4) is 0 Å². The predicted octanol–water partition coefficient (Wildman–Crippen LogP) is 2.22. The summed E-state index contributed by atoms with van der Waals surface area (Å²) < 4.78 is 0. The van der Waals surface area contributed by atoms with Crippen molar-refractivity contribution in [1.82, 2.24) is 9.88 Å². The lowest BCUT2D eigenvalue weighted by Crippen LogP contribution is -2.63. The van der Waals surface area contributed by atoms with Gasteiger partial charge in [-0.1, -0.05) is 19.8 Å². The molecule has 170 valence electrons. The molecule has 0 spiro atoms. The highest BCUT2D eigenvalue weighted by atomic mass is 16.4. The number of carboxylic acid groups (broad SMARTS) is 1. The van der Waals surface area contributed by atoms with Gasteiger partial charge in [0.25, 0.3) is 0 Å². The molecule has 9 nitrogen and oxygen atoms in total. The van der Waals surface area contributed by atoms with Gasteiger partial charge in [0, 0.05) is 19.5 Å². The first-order chi connectivity index (χ1) is 14.9. The van der Waals surface area contributed by atoms with Crippen molar-refractivity contribution in [2.45, 2.75) is 63.8 Å². The number of carboxylic acids is 1. The van der Waals surface area contributed by atoms with Gasteiger partial charge in [0.1, 0.15) is 16.9 Å². The van der Waals surface area contributed by atoms with E-state index in [0.29, 0.717) is 43.9 Å². The van der Waals surface area contributed by atoms with Crippen molar-refractivity contribution in [1.29, 1.82) is 0 Å². The van der Waals surface area contributed by atoms with Gasteiger partial charge in [-0.15, -0.1) is 0 Å². The summed E-state index contributed by atoms with van der Waals surface area (Å²) in [5, 5.41) is 12.5. The van der Waals surface area contributed by atoms with Crippen molar-refractivity contribution in [2.75, 3.05) is 36.4 Å². The Morgan fingerprint density at radius 2 is 1.84 bits per heavy atom. The Labute approximate surface area is 183 Å². The largest absolute Gasteiger partial charge is 0.478 e. The minimum absolute atomic E-state index is 0.0397. The van der Waals surface area contributed by atoms with Gasteiger partial charge in [-0.2, -0.15) is 0 Å². The fourth-order valence-electron chi connectivity index (χ4n) is 4.62. The Bertz CT molecular complexity index is 814. The number of anilines is 2. The van der Waals surface area contributed by atoms with Crippen LogP contribution in [0.1, 0.15) is 68.6 Å². The average molecular weight is 432 g/mol. The number of carbonyl (C=O) groups is 3. The van der Waals surface area contributed by atoms with Crippen LogP contribution in [-0.4, -0.2) is 64.5 Å². The van der Waals surface area contributed by atoms with Crippen molar-refractivity contribution in [3.8, 4) is 0 Å². The number of nitrogens with one attached hydrogen (secondary N) is 1. The quantitative estimate of drug-likeness (QED) is 0.575. The molecule has 0 atom stereocenters. The molecule has 2 saturated heterocycles. The summed E-state index contributed by atoms with van der Waals surface area (Å²) in [5.74, 6) is -1.20. The molecule has 2 aliphatic rings. The van der Waals surface area contributed by atoms with E-state index in [9.17, 15) is 19.5 Å². The first kappa shape index (κ1) is 23.0. The second-order valence-corrected chi connectivity index (χ2v) is 8.48. The zero-order valence-corrected chi connectivity index (χ0v) is 18.2. The van der Waals surface area contributed by atoms with Gasteiger partial charge in [-0.05, 0) is 51.3 Å². The lowest BCUT2D eigenvalue weighted by Gasteiger charge is -2.48. The van der Waals surface area contributed by atoms with Gasteiger partial charge in [0.05, 0.1) is 11.9 Å². The number of hydrogen-bond donors (Lipinski definition) is 3. The van der Waals surface area contributed by atoms with Crippen LogP contribution in [0.25, 0.3) is 0 Å². The van der Waals surface area contributed by atoms with Gasteiger partial charge in [0.15, 0.2) is 0 Å². The molecule has 1 aromatic heterocycles. The van der Waals surface area contributed by atoms with E-state index < -0.39 is 11.5 Å². The third-order valence-electron chi connectivity index (χ3n) is 6.45. The van der Waals surface area contributed by atoms with E-state index >= 15 is 0 Å². The standard InChI is InChI=1S/C22H33N5O4/c1-2-3-7-18(28)25-16-14-17(20(29)30)19(24-15-16)26-12-8-22(9-13-26,21(23)31)27-10-5-4-6-11-27/h14-15H,2-13H2,1H3,(H2,23,31)(H,25,28)(H,29,30). The van der Waals surface area contributed by atoms with Crippen molar-refractivity contribution in [2.24, 2.45) is 5.73 Å². The molecule has 2 fully saturated rings. The fourth-order valence-corrected chi connectivity index (χ4v) is 4.62. The van der Waals surface area contributed by atoms with E-state index in [4.69, 9.17) is 5.73 Å². The Balaban J connectivity index is 1.75. The molecular formula is C22H33N5O4. The highest BCUT2D eigenvalue weighted by molar-refractivity contribution is 5.97. The van der Waals surface area contributed by atoms with E-state index in [1.54, 1.807) is 0 Å². The summed E-state index contributed by atoms with van der Waals surface area (Å²) in [7, 11) is 0. The van der Waals surface area contributed by atoms with Gasteiger partial charge in [-0.3, -0.25) is 14.5 Å². The Hall–Kier alpha value is -2.68. The first-order valence-corrected chi connectivity index (χ1v) is 11.2. The maximum absolute atomic E-state index is 12.4. The zero-order chi connectivity index (χ0) is 22.4. The lowest BCUT2D eigenvalue weighted by atomic mass is 9.83. The molecule has 9 heteroatoms. The monoisotopic (exact) mass is 431 g/mol. The number of amides is 2. The highest BCUT2D eigenvalue weighted by Crippen LogP contribution is 2.34. The van der Waals surface area contributed by atoms with Gasteiger partial charge >= 0.3 is 5.97 Å². The number of hydrogen-bond acceptors (Lipinski definition) is 6. The minimum atomic E-state index is -1.10. The molecule has 3 rings (SSSR count). The predicted molar refractivity (Wildman–Crippen MR) is 118 cm³/mol. The number of piperidine rings is 2. The van der Waals surface area contributed by atoms with Crippen molar-refractivity contribution in [3.63, 3.8) is 0 Å². The Morgan fingerprint density at radius 3 is 2.42 bits per heavy atom. The molecule has 0 bridgehead atoms. The summed E-state index contributed by atoms with van der Waals surface area (Å²) in [6.45, 7) is 4.73. The van der Waals surface area contributed by atoms with E-state index in [-0.39, 0.29) is 17.4 Å². The number of rotatable bonds is 8. The highest BCUT2D eigenvalue weighted by Gasteiger charge is 2.45. The number of carbonyl (C=O) groups excluding carboxylic acids is 2. The maximum atomic E-state index is 12.4. The molecule has 0 saturated carbocycles. The van der Waals surface area contributed by atoms with Crippen LogP contribution in [0, 0.1) is 0 Å². The van der Waals surface area contributed by atoms with Crippen LogP contribution in [0.2, 0.25) is 0 Å². The van der Waals surface area contributed by atoms with Crippen LogP contribution >= 0.6 is 0 Å². The second kappa shape index (κ2) is 10.1. The molecule has 3 heterocycles. The first-order valence-electron chi connectivity index (χ1n) is 11.2. The van der Waals surface area contributed by atoms with Crippen LogP contribution < -0.4 is 16.0 Å². The zero-order valence-electron chi connectivity index (χ0n) is 18.2. The van der Waals surface area contributed by atoms with Gasteiger partial charge in [0.2, 0.25) is 11.8 Å². The van der Waals surface area contributed by atoms with E-state index in [1.165, 1.54) is 18.7 Å². The topological polar surface area (TPSA) is 129 Å². The summed E-state index contributed by atoms with van der Waals surface area (Å²) in [6, 6.07) is 1.45. The SMILES string of the molecule is CCCCC(=O)Nc1cnc(N2CCC(C(N)=O)(N3CCCCC3)CC2)c(C(=O)O)c1. The summed E-state index contributed by atoms with van der Waals surface area (Å²) in [4.78, 5) is 44.8. The van der Waals surface area contributed by atoms with E-state index in [2.05, 4.69) is 15.2 Å². The van der Waals surface area contributed by atoms with Crippen LogP contribution in [0.5, 0.6) is 0 Å².